The fraction of sp³-hybridized carbons (Fsp3) is 0.625. The van der Waals surface area contributed by atoms with E-state index in [1.807, 2.05) is 0 Å². The number of nitrogens with one attached hydrogen (secondary N) is 1. The van der Waals surface area contributed by atoms with E-state index < -0.39 is 7.29 Å². The van der Waals surface area contributed by atoms with E-state index in [0.29, 0.717) is 5.92 Å². The molecule has 1 fully saturated rings. The molecular weight excluding hydrogens is 173 g/mol. The summed E-state index contributed by atoms with van der Waals surface area (Å²) >= 11 is 0. The van der Waals surface area contributed by atoms with Crippen LogP contribution in [0.25, 0.3) is 0 Å². The van der Waals surface area contributed by atoms with Crippen molar-refractivity contribution in [3.05, 3.63) is 12.7 Å². The van der Waals surface area contributed by atoms with E-state index in [-0.39, 0.29) is 11.8 Å². The van der Waals surface area contributed by atoms with Gasteiger partial charge in [0, 0.05) is 19.2 Å². The summed E-state index contributed by atoms with van der Waals surface area (Å²) < 4.78 is 11.2. The summed E-state index contributed by atoms with van der Waals surface area (Å²) in [6.45, 7) is 6.71. The molecule has 0 aromatic rings. The third-order valence-electron chi connectivity index (χ3n) is 1.86. The first kappa shape index (κ1) is 9.53. The normalized spacial score (nSPS) is 27.8. The molecule has 1 aliphatic carbocycles. The van der Waals surface area contributed by atoms with Crippen molar-refractivity contribution in [2.75, 3.05) is 13.3 Å². The van der Waals surface area contributed by atoms with Crippen LogP contribution < -0.4 is 5.09 Å². The molecule has 0 saturated heterocycles. The zero-order valence-corrected chi connectivity index (χ0v) is 8.30. The highest BCUT2D eigenvalue weighted by molar-refractivity contribution is 7.61. The Labute approximate surface area is 72.7 Å². The van der Waals surface area contributed by atoms with Gasteiger partial charge in [0.2, 0.25) is 5.91 Å². The van der Waals surface area contributed by atoms with Gasteiger partial charge in [-0.3, -0.25) is 4.79 Å². The van der Waals surface area contributed by atoms with Crippen LogP contribution in [-0.4, -0.2) is 19.2 Å². The number of hydrogen-bond acceptors (Lipinski definition) is 2. The van der Waals surface area contributed by atoms with E-state index in [9.17, 15) is 9.36 Å². The minimum absolute atomic E-state index is 0.0238. The predicted octanol–water partition coefficient (Wildman–Crippen LogP) is 1.46. The second-order valence-corrected chi connectivity index (χ2v) is 6.49. The van der Waals surface area contributed by atoms with Gasteiger partial charge in [-0.15, -0.1) is 6.58 Å². The average molecular weight is 187 g/mol. The number of hydrogen-bond donors (Lipinski definition) is 1. The summed E-state index contributed by atoms with van der Waals surface area (Å²) in [5, 5.41) is 2.51. The number of amides is 1. The molecule has 0 bridgehead atoms. The van der Waals surface area contributed by atoms with Crippen molar-refractivity contribution in [1.82, 2.24) is 5.09 Å². The van der Waals surface area contributed by atoms with Gasteiger partial charge in [-0.25, -0.2) is 0 Å². The quantitative estimate of drug-likeness (QED) is 0.537. The van der Waals surface area contributed by atoms with Gasteiger partial charge in [0.05, 0.1) is 0 Å². The van der Waals surface area contributed by atoms with Crippen molar-refractivity contribution in [1.29, 1.82) is 0 Å². The van der Waals surface area contributed by atoms with Gasteiger partial charge in [0.25, 0.3) is 0 Å². The minimum Gasteiger partial charge on any atom is -0.307 e. The Hall–Kier alpha value is -0.560. The molecule has 4 heteroatoms. The Morgan fingerprint density at radius 3 is 2.58 bits per heavy atom. The maximum absolute atomic E-state index is 11.3. The Morgan fingerprint density at radius 1 is 1.67 bits per heavy atom. The van der Waals surface area contributed by atoms with Crippen molar-refractivity contribution in [2.45, 2.75) is 6.42 Å². The van der Waals surface area contributed by atoms with Crippen LogP contribution in [-0.2, 0) is 9.36 Å². The molecule has 68 valence electrons. The van der Waals surface area contributed by atoms with E-state index in [2.05, 4.69) is 11.7 Å². The smallest absolute Gasteiger partial charge is 0.229 e. The number of carbonyl (C=O) groups is 1. The molecule has 1 amide bonds. The van der Waals surface area contributed by atoms with Crippen LogP contribution >= 0.6 is 7.29 Å². The van der Waals surface area contributed by atoms with Crippen LogP contribution in [0.4, 0.5) is 0 Å². The molecule has 1 aliphatic rings. The third kappa shape index (κ3) is 2.49. The molecule has 2 atom stereocenters. The lowest BCUT2D eigenvalue weighted by atomic mass is 10.3. The maximum Gasteiger partial charge on any atom is 0.229 e. The van der Waals surface area contributed by atoms with Gasteiger partial charge in [0.15, 0.2) is 7.29 Å². The molecule has 0 radical (unpaired) electrons. The fourth-order valence-corrected chi connectivity index (χ4v) is 1.82. The summed E-state index contributed by atoms with van der Waals surface area (Å²) in [5.74, 6) is 0.237. The van der Waals surface area contributed by atoms with E-state index in [1.54, 1.807) is 19.4 Å². The SMILES string of the molecule is C=C[C@@H]1C[C@@H]1C(=O)NP(C)(C)=O. The number of rotatable bonds is 3. The van der Waals surface area contributed by atoms with Crippen molar-refractivity contribution in [3.8, 4) is 0 Å². The molecule has 12 heavy (non-hydrogen) atoms. The lowest BCUT2D eigenvalue weighted by Gasteiger charge is -2.07. The Kier molecular flexibility index (Phi) is 2.43. The Bertz CT molecular complexity index is 256. The standard InChI is InChI=1S/C8H14NO2P/c1-4-6-5-7(6)8(10)9-12(2,3)11/h4,6-7H,1,5H2,2-3H3,(H,9,10,11)/t6-,7+/m1/s1. The molecular formula is C8H14NO2P. The van der Waals surface area contributed by atoms with Crippen LogP contribution in [0.15, 0.2) is 12.7 Å². The Morgan fingerprint density at radius 2 is 2.25 bits per heavy atom. The first-order valence-electron chi connectivity index (χ1n) is 3.93. The predicted molar refractivity (Wildman–Crippen MR) is 49.4 cm³/mol. The lowest BCUT2D eigenvalue weighted by molar-refractivity contribution is -0.120. The molecule has 1 rings (SSSR count). The first-order valence-corrected chi connectivity index (χ1v) is 6.54. The lowest BCUT2D eigenvalue weighted by Crippen LogP contribution is -2.21. The van der Waals surface area contributed by atoms with Crippen LogP contribution in [0, 0.1) is 11.8 Å². The Balaban J connectivity index is 2.42. The summed E-state index contributed by atoms with van der Waals surface area (Å²) in [6.07, 6.45) is 2.63. The molecule has 0 aromatic carbocycles. The van der Waals surface area contributed by atoms with Gasteiger partial charge in [-0.05, 0) is 12.3 Å². The van der Waals surface area contributed by atoms with Crippen molar-refractivity contribution >= 4 is 13.2 Å². The van der Waals surface area contributed by atoms with Crippen molar-refractivity contribution in [2.24, 2.45) is 11.8 Å². The zero-order valence-electron chi connectivity index (χ0n) is 7.41. The molecule has 0 aliphatic heterocycles. The van der Waals surface area contributed by atoms with Crippen LogP contribution in [0.1, 0.15) is 6.42 Å². The van der Waals surface area contributed by atoms with Gasteiger partial charge in [-0.1, -0.05) is 6.08 Å². The van der Waals surface area contributed by atoms with Crippen LogP contribution in [0.5, 0.6) is 0 Å². The summed E-state index contributed by atoms with van der Waals surface area (Å²) in [5.41, 5.74) is 0. The van der Waals surface area contributed by atoms with Crippen molar-refractivity contribution in [3.63, 3.8) is 0 Å². The van der Waals surface area contributed by atoms with Gasteiger partial charge >= 0.3 is 0 Å². The molecule has 1 saturated carbocycles. The molecule has 0 aromatic heterocycles. The van der Waals surface area contributed by atoms with E-state index in [0.717, 1.165) is 6.42 Å². The van der Waals surface area contributed by atoms with Crippen LogP contribution in [0.3, 0.4) is 0 Å². The maximum atomic E-state index is 11.3. The first-order chi connectivity index (χ1) is 5.44. The monoisotopic (exact) mass is 187 g/mol. The molecule has 0 heterocycles. The van der Waals surface area contributed by atoms with Gasteiger partial charge < -0.3 is 9.65 Å². The molecule has 1 N–H and O–H groups in total. The fourth-order valence-electron chi connectivity index (χ4n) is 1.12. The minimum atomic E-state index is -2.41. The van der Waals surface area contributed by atoms with E-state index in [4.69, 9.17) is 0 Å². The molecule has 3 nitrogen and oxygen atoms in total. The second-order valence-electron chi connectivity index (χ2n) is 3.57. The van der Waals surface area contributed by atoms with Gasteiger partial charge in [0.1, 0.15) is 0 Å². The average Bonchev–Trinajstić information content (AvgIpc) is 2.60. The number of carbonyl (C=O) groups excluding carboxylic acids is 1. The van der Waals surface area contributed by atoms with E-state index in [1.165, 1.54) is 0 Å². The second kappa shape index (κ2) is 3.06. The van der Waals surface area contributed by atoms with E-state index >= 15 is 0 Å². The third-order valence-corrected chi connectivity index (χ3v) is 2.62. The van der Waals surface area contributed by atoms with Crippen LogP contribution in [0.2, 0.25) is 0 Å². The largest absolute Gasteiger partial charge is 0.307 e. The van der Waals surface area contributed by atoms with Gasteiger partial charge in [-0.2, -0.15) is 0 Å². The summed E-state index contributed by atoms with van der Waals surface area (Å²) in [6, 6.07) is 0. The highest BCUT2D eigenvalue weighted by Crippen LogP contribution is 2.41. The van der Waals surface area contributed by atoms with Crippen molar-refractivity contribution < 1.29 is 9.36 Å². The highest BCUT2D eigenvalue weighted by Gasteiger charge is 2.41. The summed E-state index contributed by atoms with van der Waals surface area (Å²) in [7, 11) is -2.41. The topological polar surface area (TPSA) is 46.2 Å². The molecule has 0 spiro atoms. The summed E-state index contributed by atoms with van der Waals surface area (Å²) in [4.78, 5) is 11.3. The number of allylic oxidation sites excluding steroid dienone is 1. The highest BCUT2D eigenvalue weighted by atomic mass is 31.2. The molecule has 0 unspecified atom stereocenters. The zero-order chi connectivity index (χ0) is 9.35.